The Morgan fingerprint density at radius 2 is 1.86 bits per heavy atom. The average Bonchev–Trinajstić information content (AvgIpc) is 2.38. The van der Waals surface area contributed by atoms with E-state index in [0.717, 1.165) is 12.0 Å². The van der Waals surface area contributed by atoms with E-state index in [9.17, 15) is 8.42 Å². The molecule has 0 saturated carbocycles. The van der Waals surface area contributed by atoms with E-state index in [-0.39, 0.29) is 10.9 Å². The molecule has 0 aliphatic rings. The summed E-state index contributed by atoms with van der Waals surface area (Å²) >= 11 is 0. The zero-order valence-electron chi connectivity index (χ0n) is 12.0. The number of aromatic nitrogens is 1. The summed E-state index contributed by atoms with van der Waals surface area (Å²) in [5.74, 6) is 1.16. The number of rotatable bonds is 5. The molecule has 1 atom stereocenters. The third-order valence-electron chi connectivity index (χ3n) is 2.82. The summed E-state index contributed by atoms with van der Waals surface area (Å²) in [6.07, 6.45) is 5.25. The first-order chi connectivity index (χ1) is 9.84. The van der Waals surface area contributed by atoms with Crippen LogP contribution in [0.15, 0.2) is 47.6 Å². The molecule has 0 aliphatic heterocycles. The van der Waals surface area contributed by atoms with Gasteiger partial charge < -0.3 is 10.5 Å². The maximum absolute atomic E-state index is 11.4. The highest BCUT2D eigenvalue weighted by Gasteiger charge is 2.07. The van der Waals surface area contributed by atoms with Crippen molar-refractivity contribution in [1.82, 2.24) is 4.98 Å². The van der Waals surface area contributed by atoms with Gasteiger partial charge in [-0.15, -0.1) is 0 Å². The second kappa shape index (κ2) is 6.24. The third kappa shape index (κ3) is 4.54. The molecule has 1 unspecified atom stereocenters. The van der Waals surface area contributed by atoms with Crippen molar-refractivity contribution in [2.24, 2.45) is 5.73 Å². The lowest BCUT2D eigenvalue weighted by Gasteiger charge is -2.09. The van der Waals surface area contributed by atoms with Crippen LogP contribution in [0.1, 0.15) is 12.5 Å². The molecule has 0 spiro atoms. The lowest BCUT2D eigenvalue weighted by Crippen LogP contribution is -2.17. The highest BCUT2D eigenvalue weighted by molar-refractivity contribution is 7.90. The molecule has 6 heteroatoms. The Kier molecular flexibility index (Phi) is 4.59. The largest absolute Gasteiger partial charge is 0.456 e. The fraction of sp³-hybridized carbons (Fsp3) is 0.267. The quantitative estimate of drug-likeness (QED) is 0.915. The molecule has 112 valence electrons. The van der Waals surface area contributed by atoms with Crippen molar-refractivity contribution in [3.8, 4) is 11.5 Å². The van der Waals surface area contributed by atoms with Crippen LogP contribution in [-0.2, 0) is 16.3 Å². The van der Waals surface area contributed by atoms with E-state index in [0.29, 0.717) is 11.5 Å². The SMILES string of the molecule is CC(N)Cc1cncc(Oc2ccc(S(C)(=O)=O)cc2)c1. The normalized spacial score (nSPS) is 12.9. The second-order valence-electron chi connectivity index (χ2n) is 5.06. The van der Waals surface area contributed by atoms with Gasteiger partial charge in [0.05, 0.1) is 11.1 Å². The van der Waals surface area contributed by atoms with Crippen LogP contribution in [0, 0.1) is 0 Å². The third-order valence-corrected chi connectivity index (χ3v) is 3.94. The van der Waals surface area contributed by atoms with Gasteiger partial charge in [0.1, 0.15) is 11.5 Å². The van der Waals surface area contributed by atoms with Gasteiger partial charge in [-0.1, -0.05) is 0 Å². The number of pyridine rings is 1. The zero-order valence-corrected chi connectivity index (χ0v) is 12.8. The Balaban J connectivity index is 2.15. The highest BCUT2D eigenvalue weighted by Crippen LogP contribution is 2.23. The van der Waals surface area contributed by atoms with Crippen LogP contribution in [0.5, 0.6) is 11.5 Å². The summed E-state index contributed by atoms with van der Waals surface area (Å²) in [6, 6.07) is 8.20. The molecule has 2 N–H and O–H groups in total. The fourth-order valence-electron chi connectivity index (χ4n) is 1.89. The van der Waals surface area contributed by atoms with Gasteiger partial charge in [0.25, 0.3) is 0 Å². The van der Waals surface area contributed by atoms with Gasteiger partial charge in [-0.25, -0.2) is 8.42 Å². The zero-order chi connectivity index (χ0) is 15.5. The molecule has 0 aliphatic carbocycles. The maximum atomic E-state index is 11.4. The minimum Gasteiger partial charge on any atom is -0.456 e. The fourth-order valence-corrected chi connectivity index (χ4v) is 2.52. The van der Waals surface area contributed by atoms with Crippen LogP contribution in [0.3, 0.4) is 0 Å². The van der Waals surface area contributed by atoms with E-state index in [1.54, 1.807) is 24.5 Å². The topological polar surface area (TPSA) is 82.3 Å². The van der Waals surface area contributed by atoms with Crippen molar-refractivity contribution in [2.45, 2.75) is 24.3 Å². The first-order valence-electron chi connectivity index (χ1n) is 6.52. The van der Waals surface area contributed by atoms with Crippen molar-refractivity contribution in [1.29, 1.82) is 0 Å². The standard InChI is InChI=1S/C15H18N2O3S/c1-11(16)7-12-8-14(10-17-9-12)20-13-3-5-15(6-4-13)21(2,18)19/h3-6,8-11H,7,16H2,1-2H3. The minimum absolute atomic E-state index is 0.0519. The summed E-state index contributed by atoms with van der Waals surface area (Å²) in [5, 5.41) is 0. The van der Waals surface area contributed by atoms with E-state index >= 15 is 0 Å². The molecule has 1 heterocycles. The van der Waals surface area contributed by atoms with Crippen LogP contribution in [-0.4, -0.2) is 25.7 Å². The lowest BCUT2D eigenvalue weighted by atomic mass is 10.1. The molecule has 2 aromatic rings. The van der Waals surface area contributed by atoms with Crippen LogP contribution < -0.4 is 10.5 Å². The Bertz CT molecular complexity index is 710. The molecular formula is C15H18N2O3S. The van der Waals surface area contributed by atoms with Crippen molar-refractivity contribution >= 4 is 9.84 Å². The predicted molar refractivity (Wildman–Crippen MR) is 81.2 cm³/mol. The number of sulfone groups is 1. The number of benzene rings is 1. The number of nitrogens with zero attached hydrogens (tertiary/aromatic N) is 1. The Morgan fingerprint density at radius 1 is 1.19 bits per heavy atom. The first-order valence-corrected chi connectivity index (χ1v) is 8.41. The molecule has 1 aromatic heterocycles. The molecule has 0 fully saturated rings. The van der Waals surface area contributed by atoms with Gasteiger partial charge in [-0.3, -0.25) is 4.98 Å². The number of nitrogens with two attached hydrogens (primary N) is 1. The van der Waals surface area contributed by atoms with Gasteiger partial charge in [-0.2, -0.15) is 0 Å². The molecule has 0 amide bonds. The number of hydrogen-bond acceptors (Lipinski definition) is 5. The Labute approximate surface area is 124 Å². The summed E-state index contributed by atoms with van der Waals surface area (Å²) in [6.45, 7) is 1.93. The molecule has 0 radical (unpaired) electrons. The summed E-state index contributed by atoms with van der Waals surface area (Å²) in [7, 11) is -3.19. The van der Waals surface area contributed by atoms with E-state index in [1.807, 2.05) is 13.0 Å². The van der Waals surface area contributed by atoms with E-state index in [4.69, 9.17) is 10.5 Å². The lowest BCUT2D eigenvalue weighted by molar-refractivity contribution is 0.478. The van der Waals surface area contributed by atoms with Gasteiger partial charge in [0, 0.05) is 18.5 Å². The number of ether oxygens (including phenoxy) is 1. The Hall–Kier alpha value is -1.92. The minimum atomic E-state index is -3.19. The highest BCUT2D eigenvalue weighted by atomic mass is 32.2. The summed E-state index contributed by atoms with van der Waals surface area (Å²) in [5.41, 5.74) is 6.75. The molecule has 0 bridgehead atoms. The Morgan fingerprint density at radius 3 is 2.43 bits per heavy atom. The maximum Gasteiger partial charge on any atom is 0.175 e. The summed E-state index contributed by atoms with van der Waals surface area (Å²) < 4.78 is 28.4. The van der Waals surface area contributed by atoms with Gasteiger partial charge in [-0.05, 0) is 49.2 Å². The van der Waals surface area contributed by atoms with Crippen LogP contribution >= 0.6 is 0 Å². The van der Waals surface area contributed by atoms with Crippen LogP contribution in [0.4, 0.5) is 0 Å². The van der Waals surface area contributed by atoms with E-state index in [2.05, 4.69) is 4.98 Å². The van der Waals surface area contributed by atoms with Crippen LogP contribution in [0.2, 0.25) is 0 Å². The molecule has 2 rings (SSSR count). The van der Waals surface area contributed by atoms with E-state index in [1.165, 1.54) is 18.4 Å². The van der Waals surface area contributed by atoms with Crippen molar-refractivity contribution in [3.05, 3.63) is 48.3 Å². The molecule has 21 heavy (non-hydrogen) atoms. The van der Waals surface area contributed by atoms with Crippen molar-refractivity contribution < 1.29 is 13.2 Å². The smallest absolute Gasteiger partial charge is 0.175 e. The monoisotopic (exact) mass is 306 g/mol. The van der Waals surface area contributed by atoms with Crippen LogP contribution in [0.25, 0.3) is 0 Å². The van der Waals surface area contributed by atoms with Gasteiger partial charge in [0.2, 0.25) is 0 Å². The van der Waals surface area contributed by atoms with Gasteiger partial charge >= 0.3 is 0 Å². The second-order valence-corrected chi connectivity index (χ2v) is 7.07. The van der Waals surface area contributed by atoms with Gasteiger partial charge in [0.15, 0.2) is 9.84 Å². The predicted octanol–water partition coefficient (Wildman–Crippen LogP) is 2.17. The van der Waals surface area contributed by atoms with Crippen molar-refractivity contribution in [2.75, 3.05) is 6.26 Å². The van der Waals surface area contributed by atoms with Crippen molar-refractivity contribution in [3.63, 3.8) is 0 Å². The molecule has 0 saturated heterocycles. The molecule has 1 aromatic carbocycles. The van der Waals surface area contributed by atoms with E-state index < -0.39 is 9.84 Å². The average molecular weight is 306 g/mol. The molecule has 5 nitrogen and oxygen atoms in total. The summed E-state index contributed by atoms with van der Waals surface area (Å²) in [4.78, 5) is 4.38. The number of hydrogen-bond donors (Lipinski definition) is 1. The molecular weight excluding hydrogens is 288 g/mol. The first kappa shape index (κ1) is 15.5.